The lowest BCUT2D eigenvalue weighted by molar-refractivity contribution is -0.141. The Kier molecular flexibility index (Phi) is 4.77. The van der Waals surface area contributed by atoms with Crippen LogP contribution in [0.2, 0.25) is 5.02 Å². The molecular formula is C11H9ClF3NO3. The maximum absolute atomic E-state index is 12.4. The number of aromatic nitrogens is 1. The molecule has 1 aromatic rings. The summed E-state index contributed by atoms with van der Waals surface area (Å²) in [5, 5.41) is 8.98. The summed E-state index contributed by atoms with van der Waals surface area (Å²) in [6, 6.07) is 0.652. The summed E-state index contributed by atoms with van der Waals surface area (Å²) in [5.74, 6) is -1.81. The maximum Gasteiger partial charge on any atom is 0.417 e. The molecule has 0 bridgehead atoms. The van der Waals surface area contributed by atoms with Crippen LogP contribution in [0.15, 0.2) is 18.0 Å². The summed E-state index contributed by atoms with van der Waals surface area (Å²) < 4.78 is 41.5. The van der Waals surface area contributed by atoms with Crippen molar-refractivity contribution >= 4 is 23.6 Å². The van der Waals surface area contributed by atoms with Crippen LogP contribution in [0, 0.1) is 0 Å². The number of nitrogens with zero attached hydrogens (tertiary/aromatic N) is 1. The zero-order valence-electron chi connectivity index (χ0n) is 9.66. The van der Waals surface area contributed by atoms with Crippen molar-refractivity contribution in [2.45, 2.75) is 13.1 Å². The zero-order chi connectivity index (χ0) is 14.6. The molecule has 4 nitrogen and oxygen atoms in total. The topological polar surface area (TPSA) is 59.4 Å². The van der Waals surface area contributed by atoms with E-state index in [0.29, 0.717) is 12.3 Å². The molecule has 8 heteroatoms. The van der Waals surface area contributed by atoms with Crippen molar-refractivity contribution in [1.82, 2.24) is 4.98 Å². The molecule has 1 heterocycles. The highest BCUT2D eigenvalue weighted by molar-refractivity contribution is 6.32. The monoisotopic (exact) mass is 295 g/mol. The normalized spacial score (nSPS) is 12.4. The number of hydrogen-bond donors (Lipinski definition) is 1. The first-order valence-corrected chi connectivity index (χ1v) is 5.44. The Labute approximate surface area is 111 Å². The van der Waals surface area contributed by atoms with Crippen LogP contribution in [0.3, 0.4) is 0 Å². The minimum absolute atomic E-state index is 0.0465. The van der Waals surface area contributed by atoms with Crippen LogP contribution in [-0.2, 0) is 15.7 Å². The van der Waals surface area contributed by atoms with Crippen LogP contribution in [-0.4, -0.2) is 22.7 Å². The van der Waals surface area contributed by atoms with E-state index < -0.39 is 23.5 Å². The summed E-state index contributed by atoms with van der Waals surface area (Å²) in [4.78, 5) is 14.5. The van der Waals surface area contributed by atoms with Crippen molar-refractivity contribution in [3.05, 3.63) is 34.3 Å². The third-order valence-corrected chi connectivity index (χ3v) is 2.26. The fraction of sp³-hybridized carbons (Fsp3) is 0.273. The van der Waals surface area contributed by atoms with Crippen molar-refractivity contribution in [3.8, 4) is 0 Å². The largest absolute Gasteiger partial charge is 0.502 e. The number of alkyl halides is 3. The number of rotatable bonds is 3. The average Bonchev–Trinajstić information content (AvgIpc) is 2.30. The molecule has 0 aliphatic rings. The molecule has 19 heavy (non-hydrogen) atoms. The number of esters is 1. The van der Waals surface area contributed by atoms with Crippen LogP contribution >= 0.6 is 11.6 Å². The van der Waals surface area contributed by atoms with Crippen LogP contribution in [0.4, 0.5) is 13.2 Å². The van der Waals surface area contributed by atoms with Gasteiger partial charge in [-0.3, -0.25) is 4.98 Å². The van der Waals surface area contributed by atoms with Gasteiger partial charge in [0.1, 0.15) is 0 Å². The fourth-order valence-electron chi connectivity index (χ4n) is 1.10. The van der Waals surface area contributed by atoms with Gasteiger partial charge in [-0.15, -0.1) is 0 Å². The first kappa shape index (κ1) is 15.3. The second-order valence-corrected chi connectivity index (χ2v) is 3.75. The van der Waals surface area contributed by atoms with E-state index in [9.17, 15) is 23.1 Å². The van der Waals surface area contributed by atoms with Gasteiger partial charge < -0.3 is 9.84 Å². The molecule has 0 spiro atoms. The number of aliphatic hydroxyl groups excluding tert-OH is 1. The highest BCUT2D eigenvalue weighted by Crippen LogP contribution is 2.31. The summed E-state index contributed by atoms with van der Waals surface area (Å²) in [5.41, 5.74) is -1.19. The molecule has 0 unspecified atom stereocenters. The maximum atomic E-state index is 12.4. The highest BCUT2D eigenvalue weighted by Gasteiger charge is 2.31. The Bertz CT molecular complexity index is 514. The standard InChI is InChI=1S/C11H9ClF3NO3/c1-2-19-10(18)9(17)4-8-7(12)3-6(5-16-8)11(13,14)15/h3-5,17H,2H2,1H3. The van der Waals surface area contributed by atoms with Gasteiger partial charge in [-0.1, -0.05) is 11.6 Å². The second kappa shape index (κ2) is 5.92. The van der Waals surface area contributed by atoms with Gasteiger partial charge in [-0.2, -0.15) is 13.2 Å². The first-order chi connectivity index (χ1) is 8.75. The molecule has 0 fully saturated rings. The fourth-order valence-corrected chi connectivity index (χ4v) is 1.32. The lowest BCUT2D eigenvalue weighted by atomic mass is 10.2. The third-order valence-electron chi connectivity index (χ3n) is 1.95. The van der Waals surface area contributed by atoms with Crippen molar-refractivity contribution in [2.24, 2.45) is 0 Å². The van der Waals surface area contributed by atoms with Crippen molar-refractivity contribution in [2.75, 3.05) is 6.61 Å². The van der Waals surface area contributed by atoms with Gasteiger partial charge in [-0.05, 0) is 13.0 Å². The van der Waals surface area contributed by atoms with E-state index in [1.165, 1.54) is 6.92 Å². The quantitative estimate of drug-likeness (QED) is 0.528. The molecule has 0 atom stereocenters. The molecule has 0 saturated heterocycles. The Balaban J connectivity index is 3.04. The van der Waals surface area contributed by atoms with Gasteiger partial charge in [-0.25, -0.2) is 4.79 Å². The van der Waals surface area contributed by atoms with Gasteiger partial charge in [0, 0.05) is 12.3 Å². The Morgan fingerprint density at radius 1 is 1.58 bits per heavy atom. The van der Waals surface area contributed by atoms with Gasteiger partial charge >= 0.3 is 12.1 Å². The number of pyridine rings is 1. The number of halogens is 4. The average molecular weight is 296 g/mol. The predicted octanol–water partition coefficient (Wildman–Crippen LogP) is 3.22. The van der Waals surface area contributed by atoms with Gasteiger partial charge in [0.15, 0.2) is 0 Å². The number of aliphatic hydroxyl groups is 1. The molecule has 104 valence electrons. The van der Waals surface area contributed by atoms with E-state index in [-0.39, 0.29) is 17.3 Å². The lowest BCUT2D eigenvalue weighted by Gasteiger charge is -2.07. The van der Waals surface area contributed by atoms with E-state index in [4.69, 9.17) is 11.6 Å². The van der Waals surface area contributed by atoms with Crippen molar-refractivity contribution in [3.63, 3.8) is 0 Å². The van der Waals surface area contributed by atoms with E-state index in [1.807, 2.05) is 0 Å². The van der Waals surface area contributed by atoms with Crippen molar-refractivity contribution < 1.29 is 27.8 Å². The summed E-state index contributed by atoms with van der Waals surface area (Å²) in [7, 11) is 0. The van der Waals surface area contributed by atoms with Crippen molar-refractivity contribution in [1.29, 1.82) is 0 Å². The highest BCUT2D eigenvalue weighted by atomic mass is 35.5. The minimum Gasteiger partial charge on any atom is -0.502 e. The predicted molar refractivity (Wildman–Crippen MR) is 61.5 cm³/mol. The number of hydrogen-bond acceptors (Lipinski definition) is 4. The molecule has 1 N–H and O–H groups in total. The summed E-state index contributed by atoms with van der Waals surface area (Å²) in [6.07, 6.45) is -3.18. The van der Waals surface area contributed by atoms with Crippen LogP contribution in [0.25, 0.3) is 6.08 Å². The Hall–Kier alpha value is -1.76. The molecule has 0 radical (unpaired) electrons. The van der Waals surface area contributed by atoms with Gasteiger partial charge in [0.2, 0.25) is 5.76 Å². The molecule has 0 aliphatic heterocycles. The van der Waals surface area contributed by atoms with E-state index in [0.717, 1.165) is 6.08 Å². The molecule has 0 aromatic carbocycles. The van der Waals surface area contributed by atoms with Crippen LogP contribution < -0.4 is 0 Å². The van der Waals surface area contributed by atoms with Crippen LogP contribution in [0.5, 0.6) is 0 Å². The molecule has 1 rings (SSSR count). The van der Waals surface area contributed by atoms with E-state index in [2.05, 4.69) is 9.72 Å². The van der Waals surface area contributed by atoms with Gasteiger partial charge in [0.25, 0.3) is 0 Å². The SMILES string of the molecule is CCOC(=O)C(O)=Cc1ncc(C(F)(F)F)cc1Cl. The second-order valence-electron chi connectivity index (χ2n) is 3.34. The molecule has 0 amide bonds. The number of carbonyl (C=O) groups excluding carboxylic acids is 1. The van der Waals surface area contributed by atoms with Gasteiger partial charge in [0.05, 0.1) is 22.9 Å². The Morgan fingerprint density at radius 2 is 2.21 bits per heavy atom. The molecule has 0 saturated carbocycles. The first-order valence-electron chi connectivity index (χ1n) is 5.06. The van der Waals surface area contributed by atoms with Crippen LogP contribution in [0.1, 0.15) is 18.2 Å². The molecular weight excluding hydrogens is 287 g/mol. The lowest BCUT2D eigenvalue weighted by Crippen LogP contribution is -2.08. The number of ether oxygens (including phenoxy) is 1. The smallest absolute Gasteiger partial charge is 0.417 e. The third kappa shape index (κ3) is 4.13. The van der Waals surface area contributed by atoms with E-state index >= 15 is 0 Å². The Morgan fingerprint density at radius 3 is 2.68 bits per heavy atom. The summed E-state index contributed by atoms with van der Waals surface area (Å²) >= 11 is 5.59. The van der Waals surface area contributed by atoms with E-state index in [1.54, 1.807) is 0 Å². The number of carbonyl (C=O) groups is 1. The molecule has 1 aromatic heterocycles. The minimum atomic E-state index is -4.57. The zero-order valence-corrected chi connectivity index (χ0v) is 10.4. The summed E-state index contributed by atoms with van der Waals surface area (Å²) in [6.45, 7) is 1.58. The molecule has 0 aliphatic carbocycles.